The van der Waals surface area contributed by atoms with Gasteiger partial charge in [0, 0.05) is 11.6 Å². The lowest BCUT2D eigenvalue weighted by atomic mass is 10.1. The summed E-state index contributed by atoms with van der Waals surface area (Å²) in [5.41, 5.74) is 2.15. The molecule has 0 saturated carbocycles. The molecule has 0 fully saturated rings. The molecular formula is C14H12ClF2N. The summed E-state index contributed by atoms with van der Waals surface area (Å²) >= 11 is 5.85. The van der Waals surface area contributed by atoms with Gasteiger partial charge in [-0.3, -0.25) is 0 Å². The van der Waals surface area contributed by atoms with Gasteiger partial charge in [-0.05, 0) is 48.4 Å². The van der Waals surface area contributed by atoms with Gasteiger partial charge in [0.1, 0.15) is 11.6 Å². The second-order valence-corrected chi connectivity index (χ2v) is 4.48. The average molecular weight is 268 g/mol. The zero-order valence-corrected chi connectivity index (χ0v) is 10.6. The van der Waals surface area contributed by atoms with Crippen molar-refractivity contribution in [3.8, 4) is 0 Å². The second kappa shape index (κ2) is 5.36. The summed E-state index contributed by atoms with van der Waals surface area (Å²) in [6, 6.07) is 8.80. The third kappa shape index (κ3) is 2.99. The fourth-order valence-electron chi connectivity index (χ4n) is 1.68. The van der Waals surface area contributed by atoms with Crippen LogP contribution in [0.25, 0.3) is 0 Å². The largest absolute Gasteiger partial charge is 0.379 e. The van der Waals surface area contributed by atoms with Crippen molar-refractivity contribution in [1.82, 2.24) is 0 Å². The number of rotatable bonds is 3. The van der Waals surface area contributed by atoms with Crippen molar-refractivity contribution in [3.05, 3.63) is 64.2 Å². The first-order valence-electron chi connectivity index (χ1n) is 5.50. The van der Waals surface area contributed by atoms with Gasteiger partial charge in [-0.1, -0.05) is 17.7 Å². The van der Waals surface area contributed by atoms with Crippen LogP contribution in [0.4, 0.5) is 14.5 Å². The minimum Gasteiger partial charge on any atom is -0.379 e. The smallest absolute Gasteiger partial charge is 0.146 e. The maximum Gasteiger partial charge on any atom is 0.146 e. The molecule has 18 heavy (non-hydrogen) atoms. The zero-order chi connectivity index (χ0) is 13.1. The van der Waals surface area contributed by atoms with E-state index in [9.17, 15) is 8.78 Å². The van der Waals surface area contributed by atoms with E-state index in [1.165, 1.54) is 0 Å². The summed E-state index contributed by atoms with van der Waals surface area (Å²) in [4.78, 5) is 0. The molecule has 94 valence electrons. The van der Waals surface area contributed by atoms with Crippen LogP contribution in [0, 0.1) is 18.6 Å². The molecule has 0 radical (unpaired) electrons. The van der Waals surface area contributed by atoms with E-state index in [0.29, 0.717) is 11.6 Å². The first kappa shape index (κ1) is 12.8. The van der Waals surface area contributed by atoms with Gasteiger partial charge in [-0.2, -0.15) is 0 Å². The highest BCUT2D eigenvalue weighted by atomic mass is 35.5. The van der Waals surface area contributed by atoms with Crippen molar-refractivity contribution >= 4 is 17.3 Å². The third-order valence-electron chi connectivity index (χ3n) is 2.70. The maximum absolute atomic E-state index is 13.4. The first-order valence-corrected chi connectivity index (χ1v) is 5.88. The van der Waals surface area contributed by atoms with Crippen LogP contribution in [0.1, 0.15) is 11.1 Å². The van der Waals surface area contributed by atoms with Crippen molar-refractivity contribution in [1.29, 1.82) is 0 Å². The SMILES string of the molecule is Cc1cc(Cl)ccc1CNc1cc(F)ccc1F. The Morgan fingerprint density at radius 3 is 2.61 bits per heavy atom. The molecule has 0 bridgehead atoms. The van der Waals surface area contributed by atoms with Crippen molar-refractivity contribution in [3.63, 3.8) is 0 Å². The van der Waals surface area contributed by atoms with Gasteiger partial charge in [-0.15, -0.1) is 0 Å². The average Bonchev–Trinajstić information content (AvgIpc) is 2.32. The first-order chi connectivity index (χ1) is 8.56. The highest BCUT2D eigenvalue weighted by Gasteiger charge is 2.04. The van der Waals surface area contributed by atoms with Gasteiger partial charge >= 0.3 is 0 Å². The molecule has 2 aromatic rings. The lowest BCUT2D eigenvalue weighted by Gasteiger charge is -2.10. The van der Waals surface area contributed by atoms with Crippen LogP contribution in [0.15, 0.2) is 36.4 Å². The van der Waals surface area contributed by atoms with Crippen LogP contribution in [0.2, 0.25) is 5.02 Å². The van der Waals surface area contributed by atoms with Crippen LogP contribution in [-0.2, 0) is 6.54 Å². The molecule has 1 N–H and O–H groups in total. The summed E-state index contributed by atoms with van der Waals surface area (Å²) in [6.07, 6.45) is 0. The van der Waals surface area contributed by atoms with E-state index in [0.717, 1.165) is 29.3 Å². The minimum atomic E-state index is -0.469. The molecule has 0 amide bonds. The Bertz CT molecular complexity index is 570. The molecule has 0 aliphatic rings. The normalized spacial score (nSPS) is 10.4. The van der Waals surface area contributed by atoms with Crippen LogP contribution in [0.5, 0.6) is 0 Å². The summed E-state index contributed by atoms with van der Waals surface area (Å²) in [5.74, 6) is -0.935. The van der Waals surface area contributed by atoms with Crippen LogP contribution in [0.3, 0.4) is 0 Å². The van der Waals surface area contributed by atoms with Gasteiger partial charge < -0.3 is 5.32 Å². The summed E-state index contributed by atoms with van der Waals surface area (Å²) < 4.78 is 26.4. The molecule has 0 atom stereocenters. The van der Waals surface area contributed by atoms with E-state index in [1.807, 2.05) is 19.1 Å². The van der Waals surface area contributed by atoms with E-state index in [4.69, 9.17) is 11.6 Å². The molecule has 0 saturated heterocycles. The Labute approximate surface area is 109 Å². The number of nitrogens with one attached hydrogen (secondary N) is 1. The van der Waals surface area contributed by atoms with Crippen LogP contribution in [-0.4, -0.2) is 0 Å². The minimum absolute atomic E-state index is 0.157. The predicted molar refractivity (Wildman–Crippen MR) is 69.9 cm³/mol. The van der Waals surface area contributed by atoms with E-state index in [1.54, 1.807) is 6.07 Å². The fraction of sp³-hybridized carbons (Fsp3) is 0.143. The van der Waals surface area contributed by atoms with E-state index < -0.39 is 11.6 Å². The van der Waals surface area contributed by atoms with Crippen molar-refractivity contribution in [2.75, 3.05) is 5.32 Å². The van der Waals surface area contributed by atoms with Gasteiger partial charge in [0.2, 0.25) is 0 Å². The molecule has 1 nitrogen and oxygen atoms in total. The lowest BCUT2D eigenvalue weighted by Crippen LogP contribution is -2.03. The highest BCUT2D eigenvalue weighted by molar-refractivity contribution is 6.30. The molecule has 4 heteroatoms. The van der Waals surface area contributed by atoms with Crippen LogP contribution < -0.4 is 5.32 Å². The third-order valence-corrected chi connectivity index (χ3v) is 2.94. The van der Waals surface area contributed by atoms with Gasteiger partial charge in [0.05, 0.1) is 5.69 Å². The number of anilines is 1. The van der Waals surface area contributed by atoms with Gasteiger partial charge in [0.25, 0.3) is 0 Å². The quantitative estimate of drug-likeness (QED) is 0.861. The molecular weight excluding hydrogens is 256 g/mol. The molecule has 0 unspecified atom stereocenters. The molecule has 0 aliphatic carbocycles. The van der Waals surface area contributed by atoms with Gasteiger partial charge in [-0.25, -0.2) is 8.78 Å². The number of hydrogen-bond acceptors (Lipinski definition) is 1. The second-order valence-electron chi connectivity index (χ2n) is 4.05. The van der Waals surface area contributed by atoms with Crippen molar-refractivity contribution in [2.45, 2.75) is 13.5 Å². The van der Waals surface area contributed by atoms with Crippen LogP contribution >= 0.6 is 11.6 Å². The predicted octanol–water partition coefficient (Wildman–Crippen LogP) is 4.54. The molecule has 2 aromatic carbocycles. The monoisotopic (exact) mass is 267 g/mol. The van der Waals surface area contributed by atoms with Crippen molar-refractivity contribution < 1.29 is 8.78 Å². The molecule has 0 aromatic heterocycles. The zero-order valence-electron chi connectivity index (χ0n) is 9.81. The van der Waals surface area contributed by atoms with E-state index >= 15 is 0 Å². The standard InChI is InChI=1S/C14H12ClF2N/c1-9-6-11(15)3-2-10(9)8-18-14-7-12(16)4-5-13(14)17/h2-7,18H,8H2,1H3. The van der Waals surface area contributed by atoms with Crippen molar-refractivity contribution in [2.24, 2.45) is 0 Å². The highest BCUT2D eigenvalue weighted by Crippen LogP contribution is 2.19. The summed E-state index contributed by atoms with van der Waals surface area (Å²) in [7, 11) is 0. The maximum atomic E-state index is 13.4. The Kier molecular flexibility index (Phi) is 3.82. The van der Waals surface area contributed by atoms with E-state index in [-0.39, 0.29) is 5.69 Å². The Morgan fingerprint density at radius 2 is 1.89 bits per heavy atom. The van der Waals surface area contributed by atoms with E-state index in [2.05, 4.69) is 5.32 Å². The Balaban J connectivity index is 2.13. The lowest BCUT2D eigenvalue weighted by molar-refractivity contribution is 0.602. The summed E-state index contributed by atoms with van der Waals surface area (Å²) in [5, 5.41) is 3.53. The molecule has 0 spiro atoms. The molecule has 2 rings (SSSR count). The Morgan fingerprint density at radius 1 is 1.11 bits per heavy atom. The van der Waals surface area contributed by atoms with Gasteiger partial charge in [0.15, 0.2) is 0 Å². The topological polar surface area (TPSA) is 12.0 Å². The number of benzene rings is 2. The number of aryl methyl sites for hydroxylation is 1. The molecule has 0 aliphatic heterocycles. The molecule has 0 heterocycles. The fourth-order valence-corrected chi connectivity index (χ4v) is 1.91. The summed E-state index contributed by atoms with van der Waals surface area (Å²) in [6.45, 7) is 2.34. The number of halogens is 3. The Hall–Kier alpha value is -1.61. The number of hydrogen-bond donors (Lipinski definition) is 1.